The first kappa shape index (κ1) is 10.3. The highest BCUT2D eigenvalue weighted by molar-refractivity contribution is 9.10. The summed E-state index contributed by atoms with van der Waals surface area (Å²) in [7, 11) is 0. The second-order valence-corrected chi connectivity index (χ2v) is 4.08. The molecule has 3 nitrogen and oxygen atoms in total. The first-order valence-corrected chi connectivity index (χ1v) is 4.61. The summed E-state index contributed by atoms with van der Waals surface area (Å²) in [5, 5.41) is 9.46. The highest BCUT2D eigenvalue weighted by atomic mass is 79.9. The Kier molecular flexibility index (Phi) is 3.17. The second-order valence-electron chi connectivity index (χ2n) is 3.16. The molecule has 0 aliphatic rings. The van der Waals surface area contributed by atoms with E-state index in [4.69, 9.17) is 0 Å². The van der Waals surface area contributed by atoms with Crippen LogP contribution in [0.4, 0.5) is 0 Å². The first-order chi connectivity index (χ1) is 6.03. The molecule has 1 unspecified atom stereocenters. The summed E-state index contributed by atoms with van der Waals surface area (Å²) in [6, 6.07) is 1.82. The lowest BCUT2D eigenvalue weighted by Crippen LogP contribution is -2.28. The summed E-state index contributed by atoms with van der Waals surface area (Å²) in [6.07, 6.45) is 4.10. The van der Waals surface area contributed by atoms with Crippen molar-refractivity contribution < 1.29 is 9.90 Å². The Labute approximate surface area is 84.9 Å². The Balaban J connectivity index is 2.80. The zero-order valence-corrected chi connectivity index (χ0v) is 8.78. The van der Waals surface area contributed by atoms with Gasteiger partial charge in [0.25, 0.3) is 0 Å². The van der Waals surface area contributed by atoms with Crippen LogP contribution in [0, 0.1) is 0 Å². The van der Waals surface area contributed by atoms with Gasteiger partial charge in [0.1, 0.15) is 5.60 Å². The van der Waals surface area contributed by atoms with E-state index in [9.17, 15) is 9.90 Å². The van der Waals surface area contributed by atoms with Crippen LogP contribution in [0.25, 0.3) is 0 Å². The maximum absolute atomic E-state index is 10.4. The topological polar surface area (TPSA) is 50.2 Å². The molecular formula is C9H10BrNO2. The summed E-state index contributed by atoms with van der Waals surface area (Å²) in [5.74, 6) is 0. The minimum Gasteiger partial charge on any atom is -0.382 e. The average molecular weight is 244 g/mol. The van der Waals surface area contributed by atoms with Crippen molar-refractivity contribution in [1.29, 1.82) is 0 Å². The van der Waals surface area contributed by atoms with Crippen molar-refractivity contribution in [3.8, 4) is 0 Å². The van der Waals surface area contributed by atoms with Gasteiger partial charge >= 0.3 is 0 Å². The molecule has 1 atom stereocenters. The van der Waals surface area contributed by atoms with Crippen molar-refractivity contribution >= 4 is 22.2 Å². The Morgan fingerprint density at radius 3 is 2.92 bits per heavy atom. The number of nitrogens with zero attached hydrogens (tertiary/aromatic N) is 1. The van der Waals surface area contributed by atoms with Gasteiger partial charge in [0, 0.05) is 23.3 Å². The molecule has 1 N–H and O–H groups in total. The van der Waals surface area contributed by atoms with Crippen LogP contribution >= 0.6 is 15.9 Å². The van der Waals surface area contributed by atoms with Gasteiger partial charge in [-0.05, 0) is 34.5 Å². The van der Waals surface area contributed by atoms with Gasteiger partial charge in [-0.15, -0.1) is 0 Å². The molecule has 0 saturated carbocycles. The van der Waals surface area contributed by atoms with Crippen LogP contribution < -0.4 is 0 Å². The third kappa shape index (κ3) is 3.24. The van der Waals surface area contributed by atoms with Crippen molar-refractivity contribution in [3.63, 3.8) is 0 Å². The number of hydrogen-bond donors (Lipinski definition) is 1. The lowest BCUT2D eigenvalue weighted by atomic mass is 10.00. The largest absolute Gasteiger partial charge is 0.382 e. The molecule has 0 bridgehead atoms. The minimum atomic E-state index is -1.30. The fraction of sp³-hybridized carbons (Fsp3) is 0.333. The van der Waals surface area contributed by atoms with Gasteiger partial charge in [0.05, 0.1) is 0 Å². The van der Waals surface area contributed by atoms with Gasteiger partial charge in [0.15, 0.2) is 6.29 Å². The molecule has 1 heterocycles. The number of halogens is 1. The molecule has 1 rings (SSSR count). The van der Waals surface area contributed by atoms with E-state index in [0.717, 1.165) is 10.0 Å². The molecule has 70 valence electrons. The van der Waals surface area contributed by atoms with Crippen LogP contribution in [0.15, 0.2) is 22.9 Å². The zero-order chi connectivity index (χ0) is 9.90. The first-order valence-electron chi connectivity index (χ1n) is 3.82. The Hall–Kier alpha value is -0.740. The quantitative estimate of drug-likeness (QED) is 0.816. The van der Waals surface area contributed by atoms with Crippen molar-refractivity contribution in [2.24, 2.45) is 0 Å². The van der Waals surface area contributed by atoms with E-state index in [2.05, 4.69) is 20.9 Å². The number of carbonyl (C=O) groups is 1. The molecule has 1 aromatic rings. The molecule has 0 aromatic carbocycles. The molecular weight excluding hydrogens is 234 g/mol. The number of aliphatic hydroxyl groups is 1. The normalized spacial score (nSPS) is 15.0. The highest BCUT2D eigenvalue weighted by Crippen LogP contribution is 2.14. The summed E-state index contributed by atoms with van der Waals surface area (Å²) >= 11 is 3.26. The molecule has 0 spiro atoms. The Morgan fingerprint density at radius 1 is 1.69 bits per heavy atom. The predicted octanol–water partition coefficient (Wildman–Crippen LogP) is 1.34. The van der Waals surface area contributed by atoms with Crippen LogP contribution in [0.5, 0.6) is 0 Å². The molecule has 0 fully saturated rings. The zero-order valence-electron chi connectivity index (χ0n) is 7.20. The van der Waals surface area contributed by atoms with Gasteiger partial charge < -0.3 is 9.90 Å². The maximum Gasteiger partial charge on any atom is 0.151 e. The van der Waals surface area contributed by atoms with E-state index in [1.807, 2.05) is 6.07 Å². The van der Waals surface area contributed by atoms with E-state index in [-0.39, 0.29) is 6.42 Å². The second kappa shape index (κ2) is 3.98. The van der Waals surface area contributed by atoms with Gasteiger partial charge in [-0.1, -0.05) is 0 Å². The van der Waals surface area contributed by atoms with Crippen LogP contribution in [0.1, 0.15) is 12.5 Å². The number of hydrogen-bond acceptors (Lipinski definition) is 3. The monoisotopic (exact) mass is 243 g/mol. The third-order valence-electron chi connectivity index (χ3n) is 1.58. The Morgan fingerprint density at radius 2 is 2.38 bits per heavy atom. The van der Waals surface area contributed by atoms with E-state index in [1.54, 1.807) is 12.4 Å². The van der Waals surface area contributed by atoms with Crippen LogP contribution in [0.3, 0.4) is 0 Å². The lowest BCUT2D eigenvalue weighted by molar-refractivity contribution is -0.122. The van der Waals surface area contributed by atoms with E-state index in [1.165, 1.54) is 6.92 Å². The SMILES string of the molecule is CC(O)(C=O)Cc1cncc(Br)c1. The fourth-order valence-corrected chi connectivity index (χ4v) is 1.42. The van der Waals surface area contributed by atoms with Gasteiger partial charge in [-0.25, -0.2) is 0 Å². The molecule has 1 aromatic heterocycles. The summed E-state index contributed by atoms with van der Waals surface area (Å²) < 4.78 is 0.840. The number of aromatic nitrogens is 1. The number of carbonyl (C=O) groups excluding carboxylic acids is 1. The third-order valence-corrected chi connectivity index (χ3v) is 2.01. The minimum absolute atomic E-state index is 0.281. The number of aldehydes is 1. The fourth-order valence-electron chi connectivity index (χ4n) is 1.01. The number of pyridine rings is 1. The van der Waals surface area contributed by atoms with Gasteiger partial charge in [0.2, 0.25) is 0 Å². The van der Waals surface area contributed by atoms with Crippen molar-refractivity contribution in [2.45, 2.75) is 18.9 Å². The average Bonchev–Trinajstić information content (AvgIpc) is 2.03. The molecule has 0 aliphatic carbocycles. The van der Waals surface area contributed by atoms with E-state index >= 15 is 0 Å². The van der Waals surface area contributed by atoms with Crippen molar-refractivity contribution in [2.75, 3.05) is 0 Å². The van der Waals surface area contributed by atoms with Crippen molar-refractivity contribution in [1.82, 2.24) is 4.98 Å². The molecule has 4 heteroatoms. The molecule has 0 radical (unpaired) electrons. The molecule has 13 heavy (non-hydrogen) atoms. The predicted molar refractivity (Wildman–Crippen MR) is 52.3 cm³/mol. The lowest BCUT2D eigenvalue weighted by Gasteiger charge is -2.14. The summed E-state index contributed by atoms with van der Waals surface area (Å²) in [4.78, 5) is 14.4. The number of rotatable bonds is 3. The Bertz CT molecular complexity index is 312. The smallest absolute Gasteiger partial charge is 0.151 e. The van der Waals surface area contributed by atoms with E-state index < -0.39 is 5.60 Å². The standard InChI is InChI=1S/C9H10BrNO2/c1-9(13,6-12)3-7-2-8(10)5-11-4-7/h2,4-6,13H,3H2,1H3. The molecule has 0 amide bonds. The van der Waals surface area contributed by atoms with Crippen molar-refractivity contribution in [3.05, 3.63) is 28.5 Å². The van der Waals surface area contributed by atoms with E-state index in [0.29, 0.717) is 6.29 Å². The van der Waals surface area contributed by atoms with Gasteiger partial charge in [-0.3, -0.25) is 4.98 Å². The summed E-state index contributed by atoms with van der Waals surface area (Å²) in [6.45, 7) is 1.47. The molecule has 0 aliphatic heterocycles. The van der Waals surface area contributed by atoms with Gasteiger partial charge in [-0.2, -0.15) is 0 Å². The maximum atomic E-state index is 10.4. The summed E-state index contributed by atoms with van der Waals surface area (Å²) in [5.41, 5.74) is -0.478. The highest BCUT2D eigenvalue weighted by Gasteiger charge is 2.19. The molecule has 0 saturated heterocycles. The van der Waals surface area contributed by atoms with Crippen LogP contribution in [0.2, 0.25) is 0 Å². The van der Waals surface area contributed by atoms with Crippen LogP contribution in [-0.2, 0) is 11.2 Å². The van der Waals surface area contributed by atoms with Crippen LogP contribution in [-0.4, -0.2) is 22.0 Å².